The molecule has 6 rings (SSSR count). The Hall–Kier alpha value is -4.29. The number of nitriles is 1. The zero-order chi connectivity index (χ0) is 26.2. The summed E-state index contributed by atoms with van der Waals surface area (Å²) in [7, 11) is 0. The van der Waals surface area contributed by atoms with Gasteiger partial charge in [-0.15, -0.1) is 0 Å². The Labute approximate surface area is 223 Å². The third-order valence-electron chi connectivity index (χ3n) is 7.24. The molecule has 0 saturated carbocycles. The summed E-state index contributed by atoms with van der Waals surface area (Å²) in [6.45, 7) is 2.69. The number of hydrogen-bond acceptors (Lipinski definition) is 6. The van der Waals surface area contributed by atoms with Crippen LogP contribution in [0.2, 0.25) is 5.15 Å². The molecule has 8 nitrogen and oxygen atoms in total. The van der Waals surface area contributed by atoms with Crippen LogP contribution in [-0.2, 0) is 6.54 Å². The summed E-state index contributed by atoms with van der Waals surface area (Å²) >= 11 is 6.13. The van der Waals surface area contributed by atoms with Gasteiger partial charge in [0.25, 0.3) is 0 Å². The monoisotopic (exact) mass is 527 g/mol. The molecule has 190 valence electrons. The number of benzene rings is 2. The van der Waals surface area contributed by atoms with Gasteiger partial charge < -0.3 is 9.80 Å². The predicted molar refractivity (Wildman–Crippen MR) is 143 cm³/mol. The van der Waals surface area contributed by atoms with E-state index < -0.39 is 5.82 Å². The highest BCUT2D eigenvalue weighted by atomic mass is 35.5. The molecule has 0 unspecified atom stereocenters. The van der Waals surface area contributed by atoms with Gasteiger partial charge in [0.1, 0.15) is 29.2 Å². The molecule has 0 aliphatic carbocycles. The summed E-state index contributed by atoms with van der Waals surface area (Å²) in [5.74, 6) is 0.549. The van der Waals surface area contributed by atoms with Crippen LogP contribution in [0.25, 0.3) is 10.9 Å². The van der Waals surface area contributed by atoms with E-state index in [0.717, 1.165) is 53.9 Å². The Morgan fingerprint density at radius 1 is 1.08 bits per heavy atom. The third-order valence-corrected chi connectivity index (χ3v) is 7.45. The van der Waals surface area contributed by atoms with Gasteiger partial charge in [-0.2, -0.15) is 5.26 Å². The average molecular weight is 528 g/mol. The number of nitrogens with zero attached hydrogens (tertiary/aromatic N) is 7. The van der Waals surface area contributed by atoms with E-state index in [1.165, 1.54) is 12.1 Å². The van der Waals surface area contributed by atoms with Crippen LogP contribution in [0.15, 0.2) is 61.1 Å². The van der Waals surface area contributed by atoms with Crippen molar-refractivity contribution < 1.29 is 9.18 Å². The molecule has 2 amide bonds. The number of anilines is 3. The number of piperidine rings is 1. The van der Waals surface area contributed by atoms with Crippen molar-refractivity contribution in [2.75, 3.05) is 29.4 Å². The van der Waals surface area contributed by atoms with Crippen LogP contribution in [0.1, 0.15) is 24.0 Å². The number of rotatable bonds is 4. The first-order valence-corrected chi connectivity index (χ1v) is 12.8. The molecule has 1 fully saturated rings. The number of carbonyl (C=O) groups excluding carboxylic acids is 1. The lowest BCUT2D eigenvalue weighted by atomic mass is 9.95. The Kier molecular flexibility index (Phi) is 6.26. The van der Waals surface area contributed by atoms with Crippen molar-refractivity contribution >= 4 is 45.7 Å². The SMILES string of the molecule is N#Cc1cc(N2C(=O)N(CC3CCN(c4ncnc5cnc(Cl)cc45)CC3)Cc3ccccc32)ccc1F. The van der Waals surface area contributed by atoms with Crippen LogP contribution in [-0.4, -0.2) is 45.5 Å². The zero-order valence-corrected chi connectivity index (χ0v) is 21.1. The largest absolute Gasteiger partial charge is 0.356 e. The maximum absolute atomic E-state index is 14.0. The summed E-state index contributed by atoms with van der Waals surface area (Å²) in [6, 6.07) is 15.4. The quantitative estimate of drug-likeness (QED) is 0.317. The van der Waals surface area contributed by atoms with Gasteiger partial charge >= 0.3 is 6.03 Å². The Bertz CT molecular complexity index is 1580. The van der Waals surface area contributed by atoms with Crippen molar-refractivity contribution in [1.82, 2.24) is 19.9 Å². The lowest BCUT2D eigenvalue weighted by Gasteiger charge is -2.40. The molecule has 2 aliphatic heterocycles. The lowest BCUT2D eigenvalue weighted by molar-refractivity contribution is 0.184. The van der Waals surface area contributed by atoms with E-state index in [-0.39, 0.29) is 11.6 Å². The second-order valence-corrected chi connectivity index (χ2v) is 9.94. The van der Waals surface area contributed by atoms with Crippen LogP contribution in [0.4, 0.5) is 26.4 Å². The molecule has 2 aromatic carbocycles. The normalized spacial score (nSPS) is 16.0. The predicted octanol–water partition coefficient (Wildman–Crippen LogP) is 5.68. The molecular weight excluding hydrogens is 505 g/mol. The maximum atomic E-state index is 14.0. The van der Waals surface area contributed by atoms with E-state index in [2.05, 4.69) is 19.9 Å². The third kappa shape index (κ3) is 4.37. The van der Waals surface area contributed by atoms with E-state index in [0.29, 0.717) is 29.8 Å². The highest BCUT2D eigenvalue weighted by Crippen LogP contribution is 2.37. The van der Waals surface area contributed by atoms with Gasteiger partial charge in [0.15, 0.2) is 0 Å². The molecule has 10 heteroatoms. The first-order chi connectivity index (χ1) is 18.5. The number of amides is 2. The van der Waals surface area contributed by atoms with Crippen LogP contribution in [0.3, 0.4) is 0 Å². The molecule has 0 spiro atoms. The lowest BCUT2D eigenvalue weighted by Crippen LogP contribution is -2.48. The van der Waals surface area contributed by atoms with Crippen LogP contribution in [0, 0.1) is 23.1 Å². The molecule has 38 heavy (non-hydrogen) atoms. The molecule has 4 aromatic rings. The number of aromatic nitrogens is 3. The molecular formula is C28H23ClFN7O. The summed E-state index contributed by atoms with van der Waals surface area (Å²) < 4.78 is 14.0. The van der Waals surface area contributed by atoms with E-state index in [4.69, 9.17) is 11.6 Å². The highest BCUT2D eigenvalue weighted by molar-refractivity contribution is 6.30. The maximum Gasteiger partial charge on any atom is 0.329 e. The molecule has 2 aliphatic rings. The minimum absolute atomic E-state index is 0.0911. The number of urea groups is 1. The van der Waals surface area contributed by atoms with Gasteiger partial charge in [-0.3, -0.25) is 4.90 Å². The van der Waals surface area contributed by atoms with E-state index in [1.807, 2.05) is 35.2 Å². The zero-order valence-electron chi connectivity index (χ0n) is 20.4. The van der Waals surface area contributed by atoms with Crippen LogP contribution in [0.5, 0.6) is 0 Å². The molecule has 2 aromatic heterocycles. The Morgan fingerprint density at radius 3 is 2.71 bits per heavy atom. The summed E-state index contributed by atoms with van der Waals surface area (Å²) in [5, 5.41) is 10.6. The van der Waals surface area contributed by atoms with Crippen LogP contribution >= 0.6 is 11.6 Å². The molecule has 4 heterocycles. The standard InChI is InChI=1S/C28H23ClFN7O/c29-26-12-22-24(14-32-26)33-17-34-27(22)35-9-7-18(8-10-35)15-36-16-19-3-1-2-4-25(19)37(28(36)38)21-5-6-23(30)20(11-21)13-31/h1-6,11-12,14,17-18H,7-10,15-16H2. The number of pyridine rings is 1. The van der Waals surface area contributed by atoms with Gasteiger partial charge in [-0.1, -0.05) is 29.8 Å². The minimum Gasteiger partial charge on any atom is -0.356 e. The van der Waals surface area contributed by atoms with Gasteiger partial charge in [0.2, 0.25) is 0 Å². The van der Waals surface area contributed by atoms with Gasteiger partial charge in [0.05, 0.1) is 28.7 Å². The fourth-order valence-electron chi connectivity index (χ4n) is 5.32. The van der Waals surface area contributed by atoms with E-state index >= 15 is 0 Å². The Morgan fingerprint density at radius 2 is 1.89 bits per heavy atom. The van der Waals surface area contributed by atoms with Crippen LogP contribution < -0.4 is 9.80 Å². The van der Waals surface area contributed by atoms with Crippen molar-refractivity contribution in [3.05, 3.63) is 83.2 Å². The number of halogens is 2. The first kappa shape index (κ1) is 24.1. The molecule has 0 N–H and O–H groups in total. The van der Waals surface area contributed by atoms with Crippen molar-refractivity contribution in [3.63, 3.8) is 0 Å². The van der Waals surface area contributed by atoms with Gasteiger partial charge in [0, 0.05) is 31.6 Å². The summed E-state index contributed by atoms with van der Waals surface area (Å²) in [5.41, 5.74) is 2.89. The average Bonchev–Trinajstić information content (AvgIpc) is 2.94. The number of para-hydroxylation sites is 1. The fourth-order valence-corrected chi connectivity index (χ4v) is 5.48. The van der Waals surface area contributed by atoms with Crippen molar-refractivity contribution in [3.8, 4) is 6.07 Å². The van der Waals surface area contributed by atoms with Gasteiger partial charge in [-0.05, 0) is 54.7 Å². The molecule has 0 bridgehead atoms. The van der Waals surface area contributed by atoms with E-state index in [1.54, 1.807) is 29.6 Å². The topological polar surface area (TPSA) is 89.3 Å². The minimum atomic E-state index is -0.604. The van der Waals surface area contributed by atoms with Gasteiger partial charge in [-0.25, -0.2) is 24.1 Å². The van der Waals surface area contributed by atoms with E-state index in [9.17, 15) is 14.4 Å². The van der Waals surface area contributed by atoms with Crippen molar-refractivity contribution in [1.29, 1.82) is 5.26 Å². The fraction of sp³-hybridized carbons (Fsp3) is 0.250. The van der Waals surface area contributed by atoms with Crippen molar-refractivity contribution in [2.24, 2.45) is 5.92 Å². The summed E-state index contributed by atoms with van der Waals surface area (Å²) in [4.78, 5) is 32.3. The molecule has 0 radical (unpaired) electrons. The number of fused-ring (bicyclic) bond motifs is 2. The van der Waals surface area contributed by atoms with Crippen molar-refractivity contribution in [2.45, 2.75) is 19.4 Å². The number of hydrogen-bond donors (Lipinski definition) is 0. The summed E-state index contributed by atoms with van der Waals surface area (Å²) in [6.07, 6.45) is 4.99. The second-order valence-electron chi connectivity index (χ2n) is 9.56. The molecule has 1 saturated heterocycles. The Balaban J connectivity index is 1.21. The number of carbonyl (C=O) groups is 1. The second kappa shape index (κ2) is 9.88. The first-order valence-electron chi connectivity index (χ1n) is 12.4. The highest BCUT2D eigenvalue weighted by Gasteiger charge is 2.34. The smallest absolute Gasteiger partial charge is 0.329 e. The molecule has 0 atom stereocenters.